The predicted octanol–water partition coefficient (Wildman–Crippen LogP) is 13.8. The van der Waals surface area contributed by atoms with Crippen LogP contribution >= 0.6 is 23.2 Å². The fourth-order valence-corrected chi connectivity index (χ4v) is 15.2. The van der Waals surface area contributed by atoms with Crippen molar-refractivity contribution in [2.75, 3.05) is 14.2 Å². The van der Waals surface area contributed by atoms with Crippen molar-refractivity contribution >= 4 is 88.1 Å². The van der Waals surface area contributed by atoms with E-state index in [2.05, 4.69) is 31.9 Å². The molecule has 6 aromatic carbocycles. The lowest BCUT2D eigenvalue weighted by molar-refractivity contribution is -0.385. The number of methoxy groups -OCH3 is 2. The first-order chi connectivity index (χ1) is 57.4. The molecule has 0 spiro atoms. The number of nitro benzene ring substituents is 2. The smallest absolute Gasteiger partial charge is 0.495 e. The van der Waals surface area contributed by atoms with E-state index in [0.717, 1.165) is 11.1 Å². The molecule has 0 unspecified atom stereocenters. The van der Waals surface area contributed by atoms with E-state index in [1.165, 1.54) is 62.8 Å². The van der Waals surface area contributed by atoms with Gasteiger partial charge in [-0.2, -0.15) is 0 Å². The number of nitro groups is 2. The summed E-state index contributed by atoms with van der Waals surface area (Å²) in [5, 5.41) is 42.4. The molecule has 4 aliphatic rings. The first-order valence-corrected chi connectivity index (χ1v) is 41.3. The van der Waals surface area contributed by atoms with Crippen LogP contribution in [0.4, 0.5) is 16.2 Å². The van der Waals surface area contributed by atoms with E-state index in [9.17, 15) is 63.4 Å². The molecule has 652 valence electrons. The lowest BCUT2D eigenvalue weighted by Gasteiger charge is -2.35. The van der Waals surface area contributed by atoms with Gasteiger partial charge in [0.25, 0.3) is 11.4 Å². The second-order valence-electron chi connectivity index (χ2n) is 35.3. The zero-order valence-corrected chi connectivity index (χ0v) is 72.8. The van der Waals surface area contributed by atoms with Crippen LogP contribution in [0.1, 0.15) is 179 Å². The maximum absolute atomic E-state index is 14.5. The van der Waals surface area contributed by atoms with Crippen molar-refractivity contribution < 1.29 is 90.9 Å². The number of esters is 2. The van der Waals surface area contributed by atoms with Crippen molar-refractivity contribution in [2.24, 2.45) is 33.5 Å². The SMILES string of the molecule is COc1ccc(C[C@H]2NC(=O)/C=C/C[C@@H]([C@H](C)[C@H]3O[C@@H]3c3ccc(Cc4cc([N+](=O)[O-])ccc4OC(=O)Oc4ccc([N+](=O)[O-])cc4Cc4ccc([C@H]5O[C@@H]5[C@@H](C)[C@@H]5C/C=C/C(=O)N[C@H](Cc6ccc(OC)c(Cl)c6)C(=O)N[C@@H](C)C(C)(C)C(=O)N[C@@H](CC(C)(C)C)C(=O)O5)cc4)cc3)OC(=O)[C@H](CC(C)(C)C)NC(=O)C(C)(C)[C@H](C)NC2=O)cc1Cl. The highest BCUT2D eigenvalue weighted by Gasteiger charge is 2.51. The zero-order chi connectivity index (χ0) is 89.2. The van der Waals surface area contributed by atoms with Crippen molar-refractivity contribution in [3.05, 3.63) is 220 Å². The highest BCUT2D eigenvalue weighted by molar-refractivity contribution is 6.32. The molecule has 6 amide bonds. The van der Waals surface area contributed by atoms with Gasteiger partial charge in [0.1, 0.15) is 71.6 Å². The van der Waals surface area contributed by atoms with Gasteiger partial charge in [0.05, 0.1) is 57.1 Å². The molecular formula is C91H108Cl2N8O21. The van der Waals surface area contributed by atoms with Gasteiger partial charge in [-0.25, -0.2) is 14.4 Å². The minimum absolute atomic E-state index is 0.0127. The Kier molecular flexibility index (Phi) is 29.9. The molecule has 14 atom stereocenters. The Labute approximate surface area is 719 Å². The van der Waals surface area contributed by atoms with Crippen LogP contribution < -0.4 is 50.8 Å². The standard InChI is InChI=1S/C91H108Cl2N8O21/c1-49(69-19-17-21-75(102)96-65(43-55-27-35-73(115-15)63(92)41-55)81(104)94-51(3)90(11,12)85(108)98-67(83(106)117-69)47-88(5,6)7)77-79(121-77)57-29-23-53(24-30-57)39-59-45-61(100(111)112)33-37-71(59)119-87(110)120-72-38-34-62(101(113)114)46-60(72)40-54-25-31-58(32-26-54)80-78(122-80)50(2)70-20-18-22-76(103)97-66(44-56-28-36-74(116-16)64(93)42-56)82(105)95-52(4)91(13,14)86(109)99-68(84(107)118-70)48-89(8,9)10/h17-18,21-38,41-42,45-46,49-52,65-70,77-80H,19-20,39-40,43-44,47-48H2,1-16H3,(H,94,104)(H,95,105)(H,96,102)(H,97,103)(H,98,108)(H,99,109)/b21-17+,22-18+/t49-,50-,51-,52-,65+,66+,67-,68-,69-,70-,77+,78+,79+,80+/m0/s1. The maximum atomic E-state index is 14.5. The Morgan fingerprint density at radius 3 is 1.16 bits per heavy atom. The third-order valence-corrected chi connectivity index (χ3v) is 23.4. The molecule has 2 fully saturated rings. The average molecular weight is 1720 g/mol. The molecule has 0 aromatic heterocycles. The quantitative estimate of drug-likeness (QED) is 0.0121. The number of non-ortho nitro benzene ring substituents is 2. The molecule has 4 aliphatic heterocycles. The van der Waals surface area contributed by atoms with Gasteiger partial charge in [0, 0.05) is 97.8 Å². The monoisotopic (exact) mass is 1720 g/mol. The van der Waals surface area contributed by atoms with Crippen LogP contribution in [0.5, 0.6) is 23.0 Å². The van der Waals surface area contributed by atoms with Gasteiger partial charge in [0.15, 0.2) is 0 Å². The van der Waals surface area contributed by atoms with Crippen molar-refractivity contribution in [3.63, 3.8) is 0 Å². The first-order valence-electron chi connectivity index (χ1n) is 40.5. The van der Waals surface area contributed by atoms with E-state index in [1.807, 2.05) is 79.7 Å². The molecule has 10 rings (SSSR count). The predicted molar refractivity (Wildman–Crippen MR) is 454 cm³/mol. The highest BCUT2D eigenvalue weighted by atomic mass is 35.5. The minimum atomic E-state index is -1.28. The molecule has 0 radical (unpaired) electrons. The number of benzene rings is 6. The summed E-state index contributed by atoms with van der Waals surface area (Å²) in [6.07, 6.45) is 1.10. The molecule has 0 saturated carbocycles. The van der Waals surface area contributed by atoms with Crippen molar-refractivity contribution in [1.29, 1.82) is 0 Å². The number of ether oxygens (including phenoxy) is 8. The highest BCUT2D eigenvalue weighted by Crippen LogP contribution is 2.48. The molecular weight excluding hydrogens is 1610 g/mol. The summed E-state index contributed by atoms with van der Waals surface area (Å²) in [7, 11) is 2.95. The molecule has 6 aromatic rings. The van der Waals surface area contributed by atoms with Crippen LogP contribution in [-0.2, 0) is 83.0 Å². The van der Waals surface area contributed by atoms with Crippen LogP contribution in [0.15, 0.2) is 146 Å². The molecule has 0 bridgehead atoms. The average Bonchev–Trinajstić information content (AvgIpc) is 1.63. The second kappa shape index (κ2) is 39.3. The summed E-state index contributed by atoms with van der Waals surface area (Å²) in [4.78, 5) is 151. The lowest BCUT2D eigenvalue weighted by atomic mass is 9.82. The fraction of sp³-hybridized carbons (Fsp3) is 0.462. The number of epoxide rings is 2. The Morgan fingerprint density at radius 1 is 0.492 bits per heavy atom. The van der Waals surface area contributed by atoms with Gasteiger partial charge < -0.3 is 69.8 Å². The van der Waals surface area contributed by atoms with Gasteiger partial charge in [0.2, 0.25) is 35.4 Å². The molecule has 0 aliphatic carbocycles. The number of nitrogens with zero attached hydrogens (tertiary/aromatic N) is 2. The topological polar surface area (TPSA) is 393 Å². The molecule has 29 nitrogen and oxygen atoms in total. The van der Waals surface area contributed by atoms with E-state index in [4.69, 9.17) is 61.1 Å². The van der Waals surface area contributed by atoms with Crippen LogP contribution in [-0.4, -0.2) is 138 Å². The molecule has 2 saturated heterocycles. The number of cyclic esters (lactones) is 2. The number of nitrogens with one attached hydrogen (secondary N) is 6. The molecule has 6 N–H and O–H groups in total. The molecule has 122 heavy (non-hydrogen) atoms. The third-order valence-electron chi connectivity index (χ3n) is 22.8. The van der Waals surface area contributed by atoms with Gasteiger partial charge >= 0.3 is 18.1 Å². The lowest BCUT2D eigenvalue weighted by Crippen LogP contribution is -2.58. The van der Waals surface area contributed by atoms with E-state index >= 15 is 0 Å². The summed E-state index contributed by atoms with van der Waals surface area (Å²) in [5.41, 5.74) is 0.334. The van der Waals surface area contributed by atoms with E-state index in [0.29, 0.717) is 43.8 Å². The summed E-state index contributed by atoms with van der Waals surface area (Å²) in [5.74, 6) is -5.11. The van der Waals surface area contributed by atoms with Gasteiger partial charge in [-0.3, -0.25) is 49.0 Å². The Balaban J connectivity index is 0.812. The summed E-state index contributed by atoms with van der Waals surface area (Å²) in [6, 6.07) is 25.7. The number of hydrogen-bond acceptors (Lipinski definition) is 21. The van der Waals surface area contributed by atoms with Gasteiger partial charge in [-0.05, 0) is 147 Å². The Morgan fingerprint density at radius 2 is 0.836 bits per heavy atom. The normalized spacial score (nSPS) is 24.7. The Hall–Kier alpha value is -11.3. The number of rotatable bonds is 22. The van der Waals surface area contributed by atoms with E-state index in [1.54, 1.807) is 114 Å². The van der Waals surface area contributed by atoms with Crippen LogP contribution in [0.2, 0.25) is 10.0 Å². The second-order valence-corrected chi connectivity index (χ2v) is 36.1. The maximum Gasteiger partial charge on any atom is 0.519 e. The summed E-state index contributed by atoms with van der Waals surface area (Å²) in [6.45, 7) is 25.2. The number of halogens is 2. The minimum Gasteiger partial charge on any atom is -0.495 e. The summed E-state index contributed by atoms with van der Waals surface area (Å²) < 4.78 is 47.5. The fourth-order valence-electron chi connectivity index (χ4n) is 14.6. The van der Waals surface area contributed by atoms with Gasteiger partial charge in [-0.15, -0.1) is 0 Å². The molecule has 31 heteroatoms. The van der Waals surface area contributed by atoms with Gasteiger partial charge in [-0.1, -0.05) is 151 Å². The third kappa shape index (κ3) is 24.5. The van der Waals surface area contributed by atoms with Crippen molar-refractivity contribution in [3.8, 4) is 23.0 Å². The van der Waals surface area contributed by atoms with E-state index < -0.39 is 170 Å². The Bertz CT molecular complexity index is 4680. The summed E-state index contributed by atoms with van der Waals surface area (Å²) >= 11 is 12.9. The largest absolute Gasteiger partial charge is 0.519 e. The van der Waals surface area contributed by atoms with Crippen molar-refractivity contribution in [1.82, 2.24) is 31.9 Å². The molecule has 4 heterocycles. The number of amides is 6. The van der Waals surface area contributed by atoms with Crippen LogP contribution in [0.25, 0.3) is 0 Å². The van der Waals surface area contributed by atoms with E-state index in [-0.39, 0.29) is 85.4 Å². The van der Waals surface area contributed by atoms with Crippen LogP contribution in [0.3, 0.4) is 0 Å². The first kappa shape index (κ1) is 93.0. The number of hydrogen-bond donors (Lipinski definition) is 6. The number of carbonyl (C=O) groups excluding carboxylic acids is 9. The van der Waals surface area contributed by atoms with Crippen molar-refractivity contribution in [2.45, 2.75) is 221 Å². The van der Waals surface area contributed by atoms with Crippen LogP contribution in [0, 0.1) is 53.7 Å². The zero-order valence-electron chi connectivity index (χ0n) is 71.3. The number of carbonyl (C=O) groups is 9.